The van der Waals surface area contributed by atoms with E-state index in [4.69, 9.17) is 25.8 Å². The summed E-state index contributed by atoms with van der Waals surface area (Å²) < 4.78 is 17.5. The largest absolute Gasteiger partial charge is 0.490 e. The number of nitrogens with zero attached hydrogens (tertiary/aromatic N) is 2. The molecule has 0 aromatic heterocycles. The molecule has 0 aliphatic rings. The summed E-state index contributed by atoms with van der Waals surface area (Å²) in [5.41, 5.74) is 5.75. The quantitative estimate of drug-likeness (QED) is 0.173. The second kappa shape index (κ2) is 13.7. The van der Waals surface area contributed by atoms with E-state index in [1.54, 1.807) is 54.6 Å². The number of rotatable bonds is 11. The highest BCUT2D eigenvalue weighted by Crippen LogP contribution is 2.29. The summed E-state index contributed by atoms with van der Waals surface area (Å²) in [5, 5.41) is 14.0. The number of hydrogen-bond donors (Lipinski definition) is 1. The number of carbonyl (C=O) groups excluding carboxylic acids is 1. The van der Waals surface area contributed by atoms with Crippen molar-refractivity contribution in [3.8, 4) is 23.3 Å². The molecule has 0 spiro atoms. The van der Waals surface area contributed by atoms with Gasteiger partial charge in [0.05, 0.1) is 30.0 Å². The second-order valence-electron chi connectivity index (χ2n) is 8.27. The summed E-state index contributed by atoms with van der Waals surface area (Å²) in [7, 11) is 0. The lowest BCUT2D eigenvalue weighted by Crippen LogP contribution is -2.18. The molecule has 4 aromatic carbocycles. The van der Waals surface area contributed by atoms with Crippen LogP contribution in [0.25, 0.3) is 0 Å². The van der Waals surface area contributed by atoms with Gasteiger partial charge in [-0.15, -0.1) is 0 Å². The molecule has 0 aliphatic carbocycles. The number of benzene rings is 4. The predicted molar refractivity (Wildman–Crippen MR) is 150 cm³/mol. The highest BCUT2D eigenvalue weighted by molar-refractivity contribution is 6.31. The van der Waals surface area contributed by atoms with Gasteiger partial charge in [0.2, 0.25) is 0 Å². The zero-order chi connectivity index (χ0) is 27.5. The van der Waals surface area contributed by atoms with E-state index in [1.165, 1.54) is 6.21 Å². The topological polar surface area (TPSA) is 92.9 Å². The summed E-state index contributed by atoms with van der Waals surface area (Å²) in [6.45, 7) is 2.77. The molecule has 7 nitrogen and oxygen atoms in total. The van der Waals surface area contributed by atoms with Gasteiger partial charge in [0, 0.05) is 16.1 Å². The second-order valence-corrected chi connectivity index (χ2v) is 8.68. The first-order valence-electron chi connectivity index (χ1n) is 12.2. The minimum Gasteiger partial charge on any atom is -0.490 e. The van der Waals surface area contributed by atoms with Crippen molar-refractivity contribution in [2.24, 2.45) is 5.10 Å². The molecule has 0 atom stereocenters. The van der Waals surface area contributed by atoms with Crippen LogP contribution >= 0.6 is 11.6 Å². The average Bonchev–Trinajstić information content (AvgIpc) is 2.96. The minimum atomic E-state index is -0.415. The number of hydrazone groups is 1. The van der Waals surface area contributed by atoms with Crippen molar-refractivity contribution in [3.63, 3.8) is 0 Å². The molecule has 0 saturated carbocycles. The van der Waals surface area contributed by atoms with Crippen LogP contribution in [0.5, 0.6) is 17.2 Å². The molecule has 4 aromatic rings. The van der Waals surface area contributed by atoms with Crippen LogP contribution in [0.2, 0.25) is 5.02 Å². The Morgan fingerprint density at radius 2 is 1.56 bits per heavy atom. The van der Waals surface area contributed by atoms with Gasteiger partial charge in [-0.25, -0.2) is 5.43 Å². The fraction of sp³-hybridized carbons (Fsp3) is 0.129. The third kappa shape index (κ3) is 7.37. The van der Waals surface area contributed by atoms with Crippen molar-refractivity contribution < 1.29 is 19.0 Å². The van der Waals surface area contributed by atoms with Crippen LogP contribution in [0.4, 0.5) is 0 Å². The van der Waals surface area contributed by atoms with Crippen molar-refractivity contribution in [1.82, 2.24) is 5.43 Å². The Hall–Kier alpha value is -4.80. The lowest BCUT2D eigenvalue weighted by Gasteiger charge is -2.13. The number of halogens is 1. The number of amides is 1. The highest BCUT2D eigenvalue weighted by Gasteiger charge is 2.13. The van der Waals surface area contributed by atoms with Crippen LogP contribution in [-0.2, 0) is 13.2 Å². The van der Waals surface area contributed by atoms with Crippen molar-refractivity contribution in [1.29, 1.82) is 5.26 Å². The van der Waals surface area contributed by atoms with E-state index in [0.29, 0.717) is 45.6 Å². The zero-order valence-electron chi connectivity index (χ0n) is 21.3. The van der Waals surface area contributed by atoms with E-state index in [-0.39, 0.29) is 13.2 Å². The van der Waals surface area contributed by atoms with Crippen LogP contribution in [0.1, 0.15) is 39.5 Å². The molecular formula is C31H26ClN3O4. The Kier molecular flexibility index (Phi) is 9.54. The van der Waals surface area contributed by atoms with Crippen LogP contribution in [0, 0.1) is 11.3 Å². The number of hydrogen-bond acceptors (Lipinski definition) is 6. The first-order valence-corrected chi connectivity index (χ1v) is 12.6. The Morgan fingerprint density at radius 3 is 2.36 bits per heavy atom. The van der Waals surface area contributed by atoms with Crippen molar-refractivity contribution in [2.75, 3.05) is 6.61 Å². The van der Waals surface area contributed by atoms with Crippen LogP contribution < -0.4 is 19.6 Å². The molecule has 1 amide bonds. The van der Waals surface area contributed by atoms with Gasteiger partial charge in [-0.1, -0.05) is 60.1 Å². The van der Waals surface area contributed by atoms with E-state index < -0.39 is 5.91 Å². The monoisotopic (exact) mass is 539 g/mol. The molecule has 4 rings (SSSR count). The summed E-state index contributed by atoms with van der Waals surface area (Å²) in [6, 6.07) is 29.1. The summed E-state index contributed by atoms with van der Waals surface area (Å²) in [5.74, 6) is 1.07. The Bertz CT molecular complexity index is 1510. The van der Waals surface area contributed by atoms with Gasteiger partial charge in [0.1, 0.15) is 19.0 Å². The number of para-hydroxylation sites is 1. The molecule has 0 fully saturated rings. The normalized spacial score (nSPS) is 10.6. The van der Waals surface area contributed by atoms with E-state index in [1.807, 2.05) is 43.3 Å². The van der Waals surface area contributed by atoms with Gasteiger partial charge in [-0.05, 0) is 55.0 Å². The maximum absolute atomic E-state index is 12.8. The molecule has 0 aliphatic heterocycles. The number of carbonyl (C=O) groups is 1. The highest BCUT2D eigenvalue weighted by atomic mass is 35.5. The SMILES string of the molecule is CCOc1cc(/C=N\NC(=O)c2ccccc2OCc2ccccc2Cl)ccc1OCc1ccccc1C#N. The van der Waals surface area contributed by atoms with Gasteiger partial charge in [-0.2, -0.15) is 10.4 Å². The summed E-state index contributed by atoms with van der Waals surface area (Å²) >= 11 is 6.21. The van der Waals surface area contributed by atoms with Crippen LogP contribution in [0.15, 0.2) is 96.1 Å². The van der Waals surface area contributed by atoms with E-state index in [0.717, 1.165) is 11.1 Å². The maximum atomic E-state index is 12.8. The first-order chi connectivity index (χ1) is 19.1. The van der Waals surface area contributed by atoms with Crippen LogP contribution in [-0.4, -0.2) is 18.7 Å². The molecule has 196 valence electrons. The molecule has 0 saturated heterocycles. The third-order valence-corrected chi connectivity index (χ3v) is 6.01. The fourth-order valence-electron chi connectivity index (χ4n) is 3.68. The van der Waals surface area contributed by atoms with E-state index in [2.05, 4.69) is 16.6 Å². The van der Waals surface area contributed by atoms with Crippen molar-refractivity contribution in [3.05, 3.63) is 124 Å². The van der Waals surface area contributed by atoms with Crippen molar-refractivity contribution in [2.45, 2.75) is 20.1 Å². The Morgan fingerprint density at radius 1 is 0.872 bits per heavy atom. The Labute approximate surface area is 232 Å². The number of nitrogens with one attached hydrogen (secondary N) is 1. The van der Waals surface area contributed by atoms with E-state index in [9.17, 15) is 10.1 Å². The average molecular weight is 540 g/mol. The first kappa shape index (κ1) is 27.2. The molecule has 0 unspecified atom stereocenters. The zero-order valence-corrected chi connectivity index (χ0v) is 22.0. The lowest BCUT2D eigenvalue weighted by molar-refractivity contribution is 0.0950. The molecule has 8 heteroatoms. The standard InChI is InChI=1S/C31H26ClN3O4/c1-2-37-30-17-22(15-16-29(30)39-20-24-10-4-3-9-23(24)18-33)19-34-35-31(36)26-12-6-8-14-28(26)38-21-25-11-5-7-13-27(25)32/h3-17,19H,2,20-21H2,1H3,(H,35,36)/b34-19-. The smallest absolute Gasteiger partial charge is 0.275 e. The van der Waals surface area contributed by atoms with E-state index >= 15 is 0 Å². The molecule has 0 radical (unpaired) electrons. The molecule has 0 bridgehead atoms. The number of nitriles is 1. The van der Waals surface area contributed by atoms with Gasteiger partial charge in [0.25, 0.3) is 5.91 Å². The van der Waals surface area contributed by atoms with Gasteiger partial charge >= 0.3 is 0 Å². The van der Waals surface area contributed by atoms with Gasteiger partial charge in [0.15, 0.2) is 11.5 Å². The van der Waals surface area contributed by atoms with Crippen LogP contribution in [0.3, 0.4) is 0 Å². The van der Waals surface area contributed by atoms with Crippen molar-refractivity contribution >= 4 is 23.7 Å². The maximum Gasteiger partial charge on any atom is 0.275 e. The summed E-state index contributed by atoms with van der Waals surface area (Å²) in [4.78, 5) is 12.8. The molecule has 39 heavy (non-hydrogen) atoms. The minimum absolute atomic E-state index is 0.226. The molecule has 0 heterocycles. The summed E-state index contributed by atoms with van der Waals surface area (Å²) in [6.07, 6.45) is 1.52. The Balaban J connectivity index is 1.41. The lowest BCUT2D eigenvalue weighted by atomic mass is 10.1. The molecule has 1 N–H and O–H groups in total. The number of ether oxygens (including phenoxy) is 3. The fourth-order valence-corrected chi connectivity index (χ4v) is 3.87. The van der Waals surface area contributed by atoms with Gasteiger partial charge < -0.3 is 14.2 Å². The van der Waals surface area contributed by atoms with Gasteiger partial charge in [-0.3, -0.25) is 4.79 Å². The predicted octanol–water partition coefficient (Wildman–Crippen LogP) is 6.53. The molecular weight excluding hydrogens is 514 g/mol. The third-order valence-electron chi connectivity index (χ3n) is 5.64.